The van der Waals surface area contributed by atoms with Crippen LogP contribution in [0.25, 0.3) is 0 Å². The minimum Gasteiger partial charge on any atom is -0.395 e. The summed E-state index contributed by atoms with van der Waals surface area (Å²) in [6.07, 6.45) is 4.51. The Morgan fingerprint density at radius 3 is 2.34 bits per heavy atom. The van der Waals surface area contributed by atoms with Crippen molar-refractivity contribution in [3.8, 4) is 0 Å². The molecule has 0 saturated heterocycles. The highest BCUT2D eigenvalue weighted by molar-refractivity contribution is 5.74. The van der Waals surface area contributed by atoms with Crippen molar-refractivity contribution in [3.05, 3.63) is 34.4 Å². The summed E-state index contributed by atoms with van der Waals surface area (Å²) in [5.74, 6) is 2.25. The molecule has 180 valence electrons. The average molecular weight is 444 g/mol. The smallest absolute Gasteiger partial charge is 0.160 e. The van der Waals surface area contributed by atoms with Gasteiger partial charge in [0.25, 0.3) is 0 Å². The van der Waals surface area contributed by atoms with Crippen LogP contribution in [-0.4, -0.2) is 59.1 Å². The number of hydrogen-bond acceptors (Lipinski definition) is 5. The van der Waals surface area contributed by atoms with Crippen LogP contribution < -0.4 is 10.2 Å². The van der Waals surface area contributed by atoms with E-state index >= 15 is 0 Å². The Balaban J connectivity index is 0.00000114. The molecular weight excluding hydrogens is 398 g/mol. The predicted octanol–water partition coefficient (Wildman–Crippen LogP) is 4.96. The maximum absolute atomic E-state index is 9.14. The summed E-state index contributed by atoms with van der Waals surface area (Å²) in [6, 6.07) is 4.54. The van der Waals surface area contributed by atoms with Crippen molar-refractivity contribution in [2.24, 2.45) is 7.05 Å². The lowest BCUT2D eigenvalue weighted by molar-refractivity contribution is 0.201. The number of benzene rings is 1. The summed E-state index contributed by atoms with van der Waals surface area (Å²) in [7, 11) is 2.04. The fourth-order valence-corrected chi connectivity index (χ4v) is 4.64. The second-order valence-electron chi connectivity index (χ2n) is 8.92. The lowest BCUT2D eigenvalue weighted by Gasteiger charge is -2.30. The highest BCUT2D eigenvalue weighted by atomic mass is 16.3. The van der Waals surface area contributed by atoms with Crippen LogP contribution in [0.3, 0.4) is 0 Å². The number of aliphatic hydroxyl groups excluding tert-OH is 1. The lowest BCUT2D eigenvalue weighted by Crippen LogP contribution is -2.29. The number of likely N-dealkylation sites (N-methyl/N-ethyl adjacent to an activating group) is 1. The van der Waals surface area contributed by atoms with Crippen LogP contribution in [0.15, 0.2) is 12.1 Å². The third-order valence-electron chi connectivity index (χ3n) is 5.90. The van der Waals surface area contributed by atoms with Crippen LogP contribution in [0, 0.1) is 20.8 Å². The predicted molar refractivity (Wildman–Crippen MR) is 137 cm³/mol. The van der Waals surface area contributed by atoms with E-state index < -0.39 is 0 Å². The van der Waals surface area contributed by atoms with Crippen LogP contribution >= 0.6 is 0 Å². The molecule has 2 heterocycles. The third kappa shape index (κ3) is 6.48. The van der Waals surface area contributed by atoms with Gasteiger partial charge in [-0.05, 0) is 64.3 Å². The molecule has 1 aliphatic rings. The van der Waals surface area contributed by atoms with Gasteiger partial charge in [0.05, 0.1) is 6.61 Å². The molecule has 2 N–H and O–H groups in total. The van der Waals surface area contributed by atoms with Crippen molar-refractivity contribution in [1.82, 2.24) is 14.7 Å². The number of aromatic nitrogens is 2. The zero-order valence-electron chi connectivity index (χ0n) is 21.5. The number of anilines is 3. The summed E-state index contributed by atoms with van der Waals surface area (Å²) in [6.45, 7) is 17.8. The summed E-state index contributed by atoms with van der Waals surface area (Å²) < 4.78 is 2.01. The molecule has 0 unspecified atom stereocenters. The largest absolute Gasteiger partial charge is 0.395 e. The van der Waals surface area contributed by atoms with Crippen molar-refractivity contribution < 1.29 is 5.11 Å². The fraction of sp³-hybridized carbons (Fsp3) is 0.654. The van der Waals surface area contributed by atoms with E-state index in [1.807, 2.05) is 11.7 Å². The second kappa shape index (κ2) is 12.9. The van der Waals surface area contributed by atoms with Gasteiger partial charge in [0.2, 0.25) is 0 Å². The number of rotatable bonds is 9. The van der Waals surface area contributed by atoms with Crippen LogP contribution in [0.5, 0.6) is 0 Å². The summed E-state index contributed by atoms with van der Waals surface area (Å²) >= 11 is 0. The molecule has 0 amide bonds. The van der Waals surface area contributed by atoms with Gasteiger partial charge in [-0.25, -0.2) is 0 Å². The number of hydrogen-bond donors (Lipinski definition) is 2. The Hall–Kier alpha value is -2.05. The number of aliphatic hydroxyl groups is 1. The zero-order valence-corrected chi connectivity index (χ0v) is 21.5. The van der Waals surface area contributed by atoms with E-state index in [1.54, 1.807) is 0 Å². The van der Waals surface area contributed by atoms with Crippen LogP contribution in [0.4, 0.5) is 17.3 Å². The highest BCUT2D eigenvalue weighted by Crippen LogP contribution is 2.39. The first-order valence-electron chi connectivity index (χ1n) is 12.4. The standard InChI is InChI=1S/C23H37N5O.C3H8/c1-6-27(13-14-29)11-8-10-24-22-20-9-7-12-28(23(20)25-26(22)5)21-18(3)15-17(2)16-19(21)4;1-3-2/h15-16,24,29H,6-14H2,1-5H3;3H2,1-2H3. The molecule has 32 heavy (non-hydrogen) atoms. The molecule has 1 aromatic carbocycles. The van der Waals surface area contributed by atoms with Crippen LogP contribution in [0.2, 0.25) is 0 Å². The molecular formula is C26H45N5O. The van der Waals surface area contributed by atoms with Gasteiger partial charge < -0.3 is 20.2 Å². The van der Waals surface area contributed by atoms with Gasteiger partial charge in [-0.2, -0.15) is 5.10 Å². The van der Waals surface area contributed by atoms with E-state index in [2.05, 4.69) is 68.8 Å². The Morgan fingerprint density at radius 1 is 1.09 bits per heavy atom. The normalized spacial score (nSPS) is 13.1. The molecule has 0 saturated carbocycles. The van der Waals surface area contributed by atoms with E-state index in [4.69, 9.17) is 10.2 Å². The van der Waals surface area contributed by atoms with Crippen molar-refractivity contribution in [1.29, 1.82) is 0 Å². The molecule has 6 nitrogen and oxygen atoms in total. The van der Waals surface area contributed by atoms with Gasteiger partial charge in [0.1, 0.15) is 5.82 Å². The molecule has 2 aromatic rings. The monoisotopic (exact) mass is 443 g/mol. The fourth-order valence-electron chi connectivity index (χ4n) is 4.64. The molecule has 1 aromatic heterocycles. The SMILES string of the molecule is CCC.CCN(CCO)CCCNc1c2c(nn1C)N(c1c(C)cc(C)cc1C)CCC2. The van der Waals surface area contributed by atoms with Crippen molar-refractivity contribution in [2.75, 3.05) is 49.5 Å². The molecule has 1 aliphatic heterocycles. The van der Waals surface area contributed by atoms with E-state index in [0.717, 1.165) is 63.6 Å². The Kier molecular flexibility index (Phi) is 10.5. The molecule has 0 atom stereocenters. The number of nitrogens with zero attached hydrogens (tertiary/aromatic N) is 4. The van der Waals surface area contributed by atoms with Crippen LogP contribution in [0.1, 0.15) is 62.3 Å². The van der Waals surface area contributed by atoms with E-state index in [0.29, 0.717) is 0 Å². The van der Waals surface area contributed by atoms with E-state index in [9.17, 15) is 0 Å². The van der Waals surface area contributed by atoms with Gasteiger partial charge in [-0.3, -0.25) is 4.68 Å². The first-order valence-corrected chi connectivity index (χ1v) is 12.4. The summed E-state index contributed by atoms with van der Waals surface area (Å²) in [5, 5.41) is 17.7. The van der Waals surface area contributed by atoms with Gasteiger partial charge >= 0.3 is 0 Å². The third-order valence-corrected chi connectivity index (χ3v) is 5.90. The maximum Gasteiger partial charge on any atom is 0.160 e. The molecule has 0 spiro atoms. The minimum atomic E-state index is 0.226. The average Bonchev–Trinajstić information content (AvgIpc) is 3.06. The van der Waals surface area contributed by atoms with Gasteiger partial charge in [-0.1, -0.05) is 44.9 Å². The van der Waals surface area contributed by atoms with Crippen molar-refractivity contribution in [2.45, 2.75) is 67.2 Å². The number of nitrogens with one attached hydrogen (secondary N) is 1. The second-order valence-corrected chi connectivity index (χ2v) is 8.92. The molecule has 0 fully saturated rings. The number of fused-ring (bicyclic) bond motifs is 1. The molecule has 0 bridgehead atoms. The zero-order chi connectivity index (χ0) is 23.7. The van der Waals surface area contributed by atoms with Crippen molar-refractivity contribution in [3.63, 3.8) is 0 Å². The topological polar surface area (TPSA) is 56.6 Å². The van der Waals surface area contributed by atoms with Gasteiger partial charge in [0.15, 0.2) is 5.82 Å². The lowest BCUT2D eigenvalue weighted by atomic mass is 10.0. The first kappa shape index (κ1) is 26.2. The van der Waals surface area contributed by atoms with E-state index in [-0.39, 0.29) is 6.61 Å². The van der Waals surface area contributed by atoms with Crippen LogP contribution in [-0.2, 0) is 13.5 Å². The molecule has 6 heteroatoms. The van der Waals surface area contributed by atoms with Gasteiger partial charge in [-0.15, -0.1) is 0 Å². The Morgan fingerprint density at radius 2 is 1.75 bits per heavy atom. The first-order chi connectivity index (χ1) is 15.4. The Bertz CT molecular complexity index is 822. The van der Waals surface area contributed by atoms with E-state index in [1.165, 1.54) is 34.4 Å². The highest BCUT2D eigenvalue weighted by Gasteiger charge is 2.27. The quantitative estimate of drug-likeness (QED) is 0.536. The molecule has 0 aliphatic carbocycles. The maximum atomic E-state index is 9.14. The summed E-state index contributed by atoms with van der Waals surface area (Å²) in [4.78, 5) is 4.69. The van der Waals surface area contributed by atoms with Gasteiger partial charge in [0, 0.05) is 37.9 Å². The summed E-state index contributed by atoms with van der Waals surface area (Å²) in [5.41, 5.74) is 6.59. The molecule has 0 radical (unpaired) electrons. The molecule has 3 rings (SSSR count). The minimum absolute atomic E-state index is 0.226. The Labute approximate surface area is 195 Å². The van der Waals surface area contributed by atoms with Crippen molar-refractivity contribution >= 4 is 17.3 Å². The number of aryl methyl sites for hydroxylation is 4.